The summed E-state index contributed by atoms with van der Waals surface area (Å²) in [5, 5.41) is 14.3. The fraction of sp³-hybridized carbons (Fsp3) is 0.368. The van der Waals surface area contributed by atoms with E-state index in [0.717, 1.165) is 53.0 Å². The van der Waals surface area contributed by atoms with Crippen LogP contribution in [0.25, 0.3) is 11.1 Å². The molecule has 5 rings (SSSR count). The molecule has 2 aliphatic heterocycles. The third-order valence-electron chi connectivity index (χ3n) is 5.32. The molecule has 0 unspecified atom stereocenters. The number of methoxy groups -OCH3 is 2. The van der Waals surface area contributed by atoms with Gasteiger partial charge in [0.05, 0.1) is 14.2 Å². The minimum atomic E-state index is 0.154. The highest BCUT2D eigenvalue weighted by atomic mass is 16.7. The van der Waals surface area contributed by atoms with Gasteiger partial charge in [-0.2, -0.15) is 0 Å². The number of fused-ring (bicyclic) bond motifs is 4. The summed E-state index contributed by atoms with van der Waals surface area (Å²) >= 11 is 0. The highest BCUT2D eigenvalue weighted by Gasteiger charge is 2.40. The fourth-order valence-corrected chi connectivity index (χ4v) is 4.35. The zero-order valence-electron chi connectivity index (χ0n) is 14.1. The Morgan fingerprint density at radius 2 is 1.96 bits per heavy atom. The predicted molar refractivity (Wildman–Crippen MR) is 90.9 cm³/mol. The number of nitrogens with one attached hydrogen (secondary N) is 1. The van der Waals surface area contributed by atoms with Crippen LogP contribution in [0.1, 0.15) is 22.7 Å². The van der Waals surface area contributed by atoms with Crippen LogP contribution in [0.4, 0.5) is 0 Å². The largest absolute Gasteiger partial charge is 0.507 e. The first-order chi connectivity index (χ1) is 12.2. The Labute approximate surface area is 145 Å². The van der Waals surface area contributed by atoms with Gasteiger partial charge in [0.25, 0.3) is 0 Å². The van der Waals surface area contributed by atoms with Crippen molar-refractivity contribution in [1.29, 1.82) is 0 Å². The smallest absolute Gasteiger partial charge is 0.231 e. The van der Waals surface area contributed by atoms with Crippen molar-refractivity contribution in [3.8, 4) is 39.9 Å². The molecule has 0 radical (unpaired) electrons. The third kappa shape index (κ3) is 1.88. The molecule has 1 atom stereocenters. The Hall–Kier alpha value is -2.60. The predicted octanol–water partition coefficient (Wildman–Crippen LogP) is 2.55. The third-order valence-corrected chi connectivity index (χ3v) is 5.32. The first kappa shape index (κ1) is 14.7. The number of rotatable bonds is 2. The quantitative estimate of drug-likeness (QED) is 0.875. The topological polar surface area (TPSA) is 69.2 Å². The summed E-state index contributed by atoms with van der Waals surface area (Å²) in [7, 11) is 3.27. The molecule has 2 aromatic carbocycles. The van der Waals surface area contributed by atoms with Crippen molar-refractivity contribution in [1.82, 2.24) is 5.32 Å². The van der Waals surface area contributed by atoms with Crippen LogP contribution in [0.15, 0.2) is 12.1 Å². The molecule has 2 aromatic rings. The van der Waals surface area contributed by atoms with Crippen molar-refractivity contribution >= 4 is 0 Å². The molecule has 0 saturated heterocycles. The highest BCUT2D eigenvalue weighted by molar-refractivity contribution is 5.89. The van der Waals surface area contributed by atoms with Crippen LogP contribution in [0, 0.1) is 0 Å². The van der Waals surface area contributed by atoms with Gasteiger partial charge in [-0.05, 0) is 36.6 Å². The van der Waals surface area contributed by atoms with Gasteiger partial charge in [-0.3, -0.25) is 0 Å². The molecule has 6 heteroatoms. The molecule has 6 nitrogen and oxygen atoms in total. The summed E-state index contributed by atoms with van der Waals surface area (Å²) in [6.45, 7) is 1.03. The zero-order chi connectivity index (χ0) is 17.1. The van der Waals surface area contributed by atoms with Crippen LogP contribution in [-0.4, -0.2) is 32.7 Å². The lowest BCUT2D eigenvalue weighted by molar-refractivity contribution is 0.171. The van der Waals surface area contributed by atoms with Gasteiger partial charge >= 0.3 is 0 Å². The summed E-state index contributed by atoms with van der Waals surface area (Å²) in [5.41, 5.74) is 5.06. The van der Waals surface area contributed by atoms with E-state index in [2.05, 4.69) is 5.32 Å². The van der Waals surface area contributed by atoms with E-state index in [1.807, 2.05) is 6.07 Å². The van der Waals surface area contributed by atoms with Crippen LogP contribution in [0.3, 0.4) is 0 Å². The van der Waals surface area contributed by atoms with E-state index in [-0.39, 0.29) is 18.6 Å². The van der Waals surface area contributed by atoms with Crippen molar-refractivity contribution in [2.45, 2.75) is 18.9 Å². The van der Waals surface area contributed by atoms with Crippen LogP contribution in [0.2, 0.25) is 0 Å². The van der Waals surface area contributed by atoms with E-state index in [1.165, 1.54) is 0 Å². The maximum absolute atomic E-state index is 10.7. The molecule has 0 bridgehead atoms. The van der Waals surface area contributed by atoms with Crippen LogP contribution >= 0.6 is 0 Å². The molecule has 0 fully saturated rings. The van der Waals surface area contributed by atoms with Crippen molar-refractivity contribution in [3.05, 3.63) is 28.8 Å². The summed E-state index contributed by atoms with van der Waals surface area (Å²) in [4.78, 5) is 0. The van der Waals surface area contributed by atoms with Crippen molar-refractivity contribution in [2.24, 2.45) is 0 Å². The zero-order valence-corrected chi connectivity index (χ0v) is 14.1. The lowest BCUT2D eigenvalue weighted by atomic mass is 9.76. The SMILES string of the molecule is COc1cc(O)c2c(c1)C[C@H]1NCCc3c(OC)c4c(c-2c31)OCO4. The fourth-order valence-electron chi connectivity index (χ4n) is 4.35. The normalized spacial score (nSPS) is 19.2. The van der Waals surface area contributed by atoms with Gasteiger partial charge in [-0.15, -0.1) is 0 Å². The van der Waals surface area contributed by atoms with Gasteiger partial charge in [0.2, 0.25) is 12.5 Å². The molecule has 0 aromatic heterocycles. The summed E-state index contributed by atoms with van der Waals surface area (Å²) in [6, 6.07) is 3.79. The van der Waals surface area contributed by atoms with Crippen LogP contribution < -0.4 is 24.3 Å². The number of phenols is 1. The van der Waals surface area contributed by atoms with Crippen molar-refractivity contribution in [2.75, 3.05) is 27.6 Å². The minimum absolute atomic E-state index is 0.154. The average molecular weight is 341 g/mol. The number of ether oxygens (including phenoxy) is 4. The minimum Gasteiger partial charge on any atom is -0.507 e. The van der Waals surface area contributed by atoms with Crippen molar-refractivity contribution < 1.29 is 24.1 Å². The number of hydrogen-bond donors (Lipinski definition) is 2. The van der Waals surface area contributed by atoms with E-state index in [9.17, 15) is 5.11 Å². The van der Waals surface area contributed by atoms with Gasteiger partial charge < -0.3 is 29.4 Å². The molecular formula is C19H19NO5. The van der Waals surface area contributed by atoms with E-state index in [1.54, 1.807) is 20.3 Å². The molecule has 3 aliphatic rings. The number of benzene rings is 2. The number of aromatic hydroxyl groups is 1. The van der Waals surface area contributed by atoms with Gasteiger partial charge in [-0.25, -0.2) is 0 Å². The molecule has 130 valence electrons. The Kier molecular flexibility index (Phi) is 3.06. The summed E-state index contributed by atoms with van der Waals surface area (Å²) < 4.78 is 22.5. The number of phenolic OH excluding ortho intramolecular Hbond substituents is 1. The summed E-state index contributed by atoms with van der Waals surface area (Å²) in [5.74, 6) is 2.90. The Morgan fingerprint density at radius 3 is 2.76 bits per heavy atom. The van der Waals surface area contributed by atoms with E-state index in [4.69, 9.17) is 18.9 Å². The monoisotopic (exact) mass is 341 g/mol. The maximum atomic E-state index is 10.7. The second-order valence-corrected chi connectivity index (χ2v) is 6.51. The van der Waals surface area contributed by atoms with Gasteiger partial charge in [0.15, 0.2) is 11.5 Å². The average Bonchev–Trinajstić information content (AvgIpc) is 3.10. The van der Waals surface area contributed by atoms with Crippen LogP contribution in [-0.2, 0) is 12.8 Å². The molecule has 2 N–H and O–H groups in total. The summed E-state index contributed by atoms with van der Waals surface area (Å²) in [6.07, 6.45) is 1.63. The highest BCUT2D eigenvalue weighted by Crippen LogP contribution is 2.58. The Balaban J connectivity index is 1.88. The first-order valence-corrected chi connectivity index (χ1v) is 8.38. The van der Waals surface area contributed by atoms with Gasteiger partial charge in [0.1, 0.15) is 11.5 Å². The van der Waals surface area contributed by atoms with Crippen LogP contribution in [0.5, 0.6) is 28.7 Å². The molecule has 0 saturated carbocycles. The number of hydrogen-bond acceptors (Lipinski definition) is 6. The first-order valence-electron chi connectivity index (χ1n) is 8.38. The van der Waals surface area contributed by atoms with E-state index >= 15 is 0 Å². The maximum Gasteiger partial charge on any atom is 0.231 e. The molecule has 2 heterocycles. The molecule has 1 aliphatic carbocycles. The Morgan fingerprint density at radius 1 is 1.12 bits per heavy atom. The Bertz CT molecular complexity index is 892. The second kappa shape index (κ2) is 5.20. The van der Waals surface area contributed by atoms with E-state index < -0.39 is 0 Å². The van der Waals surface area contributed by atoms with E-state index in [0.29, 0.717) is 17.2 Å². The van der Waals surface area contributed by atoms with Gasteiger partial charge in [-0.1, -0.05) is 0 Å². The second-order valence-electron chi connectivity index (χ2n) is 6.51. The standard InChI is InChI=1S/C19H19NO5/c1-22-10-5-9-6-12-15-11(3-4-20-12)17(23-2)19-18(24-8-25-19)16(15)14(9)13(21)7-10/h5,7,12,20-21H,3-4,6,8H2,1-2H3/t12-/m1/s1. The van der Waals surface area contributed by atoms with Crippen molar-refractivity contribution in [3.63, 3.8) is 0 Å². The molecule has 0 amide bonds. The lowest BCUT2D eigenvalue weighted by Gasteiger charge is -2.36. The molecule has 25 heavy (non-hydrogen) atoms. The molecule has 0 spiro atoms. The van der Waals surface area contributed by atoms with Gasteiger partial charge in [0, 0.05) is 28.8 Å². The molecular weight excluding hydrogens is 322 g/mol. The lowest BCUT2D eigenvalue weighted by Crippen LogP contribution is -2.34.